The number of Topliss-reactive ketones (excluding diaryl/α,β-unsaturated/α-hetero) is 3. The number of amides is 8. The van der Waals surface area contributed by atoms with Gasteiger partial charge in [-0.2, -0.15) is 0 Å². The van der Waals surface area contributed by atoms with E-state index in [1.165, 1.54) is 92.8 Å². The minimum Gasteiger partial charge on any atom is -0.465 e. The van der Waals surface area contributed by atoms with E-state index in [4.69, 9.17) is 4.74 Å². The molecule has 1 aliphatic rings. The van der Waals surface area contributed by atoms with Crippen molar-refractivity contribution in [2.24, 2.45) is 59.2 Å². The first-order chi connectivity index (χ1) is 44.0. The van der Waals surface area contributed by atoms with Crippen LogP contribution in [0.15, 0.2) is 24.3 Å². The Morgan fingerprint density at radius 1 is 0.495 bits per heavy atom. The number of aryl methyl sites for hydroxylation is 1. The zero-order valence-electron chi connectivity index (χ0n) is 62.4. The predicted molar refractivity (Wildman–Crippen MR) is 368 cm³/mol. The highest BCUT2D eigenvalue weighted by Crippen LogP contribution is 2.30. The lowest BCUT2D eigenvalue weighted by molar-refractivity contribution is -0.157. The maximum Gasteiger partial charge on any atom is 0.337 e. The monoisotopic (exact) mass is 1330 g/mol. The van der Waals surface area contributed by atoms with Gasteiger partial charge in [-0.25, -0.2) is 4.79 Å². The number of rotatable bonds is 18. The molecule has 95 heavy (non-hydrogen) atoms. The molecule has 1 saturated heterocycles. The highest BCUT2D eigenvalue weighted by atomic mass is 16.5. The number of aliphatic hydroxyl groups is 1. The summed E-state index contributed by atoms with van der Waals surface area (Å²) in [5.41, 5.74) is 1.28. The quantitative estimate of drug-likeness (QED) is 0.133. The smallest absolute Gasteiger partial charge is 0.337 e. The number of methoxy groups -OCH3 is 1. The maximum atomic E-state index is 15.5. The number of ketones is 3. The third-order valence-corrected chi connectivity index (χ3v) is 19.3. The zero-order valence-corrected chi connectivity index (χ0v) is 62.4. The van der Waals surface area contributed by atoms with Gasteiger partial charge in [0.25, 0.3) is 0 Å². The summed E-state index contributed by atoms with van der Waals surface area (Å²) in [6, 6.07) is -2.83. The van der Waals surface area contributed by atoms with E-state index < -0.39 is 149 Å². The van der Waals surface area contributed by atoms with Crippen molar-refractivity contribution in [2.45, 2.75) is 243 Å². The Bertz CT molecular complexity index is 2780. The fraction of sp³-hybridized carbons (Fsp3) is 0.753. The molecular formula is C73H122N8O14. The van der Waals surface area contributed by atoms with Crippen LogP contribution >= 0.6 is 0 Å². The molecule has 0 aromatic heterocycles. The molecule has 0 spiro atoms. The van der Waals surface area contributed by atoms with E-state index in [1.807, 2.05) is 55.4 Å². The number of carbonyl (C=O) groups is 12. The van der Waals surface area contributed by atoms with E-state index in [-0.39, 0.29) is 86.6 Å². The number of likely N-dealkylation sites (N-methyl/N-ethyl adjacent to an activating group) is 7. The molecule has 1 heterocycles. The molecule has 13 atom stereocenters. The number of hydrogen-bond donors (Lipinski definition) is 2. The van der Waals surface area contributed by atoms with Crippen LogP contribution in [0.25, 0.3) is 0 Å². The lowest BCUT2D eigenvalue weighted by Gasteiger charge is -2.41. The summed E-state index contributed by atoms with van der Waals surface area (Å²) in [6.45, 7) is 30.4. The largest absolute Gasteiger partial charge is 0.465 e. The lowest BCUT2D eigenvalue weighted by Crippen LogP contribution is -2.63. The summed E-state index contributed by atoms with van der Waals surface area (Å²) in [4.78, 5) is 184. The van der Waals surface area contributed by atoms with Crippen LogP contribution in [0.5, 0.6) is 0 Å². The minimum atomic E-state index is -1.66. The van der Waals surface area contributed by atoms with Crippen molar-refractivity contribution in [3.63, 3.8) is 0 Å². The van der Waals surface area contributed by atoms with Gasteiger partial charge in [-0.05, 0) is 117 Å². The van der Waals surface area contributed by atoms with Crippen molar-refractivity contribution < 1.29 is 67.4 Å². The van der Waals surface area contributed by atoms with Crippen LogP contribution < -0.4 is 5.32 Å². The van der Waals surface area contributed by atoms with Gasteiger partial charge in [0.1, 0.15) is 42.0 Å². The standard InChI is InChI=1S/C73H122N8O14/c1-26-54-69(90)75(18)50(17)67(88)76(19)56(35-42(4)5)61(84)40-53(45(10)11)68(89)77(20)55(34-41(2)3)60(83)38-48(15)59(82)39-49(16)66(87)78(21)57(36-43(6)7)70(91)79(22)58(37-44(8)9)71(92)80(23)62(46(12)13)72(93)81(24)63(65(86)74-54)64(85)47(14)28-27-29-51-30-32-52(33-31-51)73(94)95-25/h30-33,41-50,53-58,62-64,85H,26-29,34-40H2,1-25H3,(H,74,86)/t47-,48-,49+,50-,53+,54+,55+,56+,57+,58+,62+,63+,64-/m1/s1. The number of ether oxygens (including phenoxy) is 1. The Morgan fingerprint density at radius 2 is 0.916 bits per heavy atom. The second-order valence-corrected chi connectivity index (χ2v) is 29.7. The number of aliphatic hydroxyl groups excluding tert-OH is 1. The zero-order chi connectivity index (χ0) is 73.1. The Balaban J connectivity index is 3.01. The fourth-order valence-electron chi connectivity index (χ4n) is 12.9. The molecule has 0 unspecified atom stereocenters. The molecule has 22 nitrogen and oxygen atoms in total. The van der Waals surface area contributed by atoms with Crippen LogP contribution in [0.4, 0.5) is 0 Å². The molecule has 1 aromatic carbocycles. The van der Waals surface area contributed by atoms with Gasteiger partial charge >= 0.3 is 5.97 Å². The third-order valence-electron chi connectivity index (χ3n) is 19.3. The molecule has 538 valence electrons. The van der Waals surface area contributed by atoms with Gasteiger partial charge in [-0.1, -0.05) is 123 Å². The van der Waals surface area contributed by atoms with Gasteiger partial charge in [-0.15, -0.1) is 0 Å². The van der Waals surface area contributed by atoms with Crippen molar-refractivity contribution in [1.29, 1.82) is 0 Å². The summed E-state index contributed by atoms with van der Waals surface area (Å²) in [5, 5.41) is 15.3. The molecule has 1 aromatic rings. The van der Waals surface area contributed by atoms with E-state index in [0.717, 1.165) is 10.5 Å². The highest BCUT2D eigenvalue weighted by Gasteiger charge is 2.46. The van der Waals surface area contributed by atoms with E-state index in [0.29, 0.717) is 24.8 Å². The van der Waals surface area contributed by atoms with Crippen molar-refractivity contribution in [3.05, 3.63) is 35.4 Å². The molecule has 22 heteroatoms. The normalized spacial score (nSPS) is 26.2. The number of esters is 1. The van der Waals surface area contributed by atoms with Crippen molar-refractivity contribution >= 4 is 70.6 Å². The second-order valence-electron chi connectivity index (χ2n) is 29.7. The topological polar surface area (TPSA) is 269 Å². The van der Waals surface area contributed by atoms with Crippen LogP contribution in [0.2, 0.25) is 0 Å². The second kappa shape index (κ2) is 38.4. The van der Waals surface area contributed by atoms with E-state index in [9.17, 15) is 43.5 Å². The third kappa shape index (κ3) is 23.3. The van der Waals surface area contributed by atoms with E-state index >= 15 is 19.2 Å². The number of carbonyl (C=O) groups excluding carboxylic acids is 12. The van der Waals surface area contributed by atoms with E-state index in [2.05, 4.69) is 5.32 Å². The summed E-state index contributed by atoms with van der Waals surface area (Å²) >= 11 is 0. The Morgan fingerprint density at radius 3 is 1.37 bits per heavy atom. The molecule has 2 N–H and O–H groups in total. The molecule has 1 fully saturated rings. The first kappa shape index (κ1) is 84.5. The molecule has 0 aliphatic carbocycles. The van der Waals surface area contributed by atoms with Gasteiger partial charge in [0, 0.05) is 86.3 Å². The van der Waals surface area contributed by atoms with E-state index in [1.54, 1.807) is 79.7 Å². The van der Waals surface area contributed by atoms with Gasteiger partial charge in [0.05, 0.1) is 30.9 Å². The summed E-state index contributed by atoms with van der Waals surface area (Å²) < 4.78 is 4.85. The first-order valence-corrected chi connectivity index (χ1v) is 34.6. The van der Waals surface area contributed by atoms with Crippen LogP contribution in [0.3, 0.4) is 0 Å². The molecule has 0 bridgehead atoms. The summed E-state index contributed by atoms with van der Waals surface area (Å²) in [6.07, 6.45) is -0.153. The number of nitrogens with zero attached hydrogens (tertiary/aromatic N) is 7. The predicted octanol–water partition coefficient (Wildman–Crippen LogP) is 7.77. The Kier molecular flexibility index (Phi) is 34.1. The Hall–Kier alpha value is -6.58. The molecule has 8 amide bonds. The van der Waals surface area contributed by atoms with Gasteiger partial charge in [0.15, 0.2) is 11.6 Å². The average molecular weight is 1340 g/mol. The number of nitrogens with one attached hydrogen (secondary N) is 1. The van der Waals surface area contributed by atoms with Gasteiger partial charge in [0.2, 0.25) is 47.3 Å². The SMILES string of the molecule is CC[C@@H]1NC(=O)[C@H]([C@H](O)[C@H](C)CCCc2ccc(C(=O)OC)cc2)N(C)C(=O)[C@H](C(C)C)N(C)C(=O)[C@H](CC(C)C)N(C)C(=O)[C@H](CC(C)C)N(C)C(=O)[C@@H](C)CC(=O)[C@H](C)CC(=O)[C@H](CC(C)C)N(C)C(=O)[C@H](C(C)C)CC(=O)[C@H](CC(C)C)N(C)C(=O)[C@@H](C)N(C)C1=O. The molecule has 0 saturated carbocycles. The van der Waals surface area contributed by atoms with Crippen LogP contribution in [0, 0.1) is 59.2 Å². The van der Waals surface area contributed by atoms with Crippen molar-refractivity contribution in [2.75, 3.05) is 56.4 Å². The highest BCUT2D eigenvalue weighted by molar-refractivity contribution is 6.00. The van der Waals surface area contributed by atoms with Crippen LogP contribution in [0.1, 0.15) is 198 Å². The molecular weight excluding hydrogens is 1210 g/mol. The maximum absolute atomic E-state index is 15.5. The number of benzene rings is 1. The average Bonchev–Trinajstić information content (AvgIpc) is 0.819. The molecule has 0 radical (unpaired) electrons. The Labute approximate surface area is 569 Å². The van der Waals surface area contributed by atoms with Crippen LogP contribution in [-0.4, -0.2) is 221 Å². The molecule has 1 aliphatic heterocycles. The molecule has 2 rings (SSSR count). The summed E-state index contributed by atoms with van der Waals surface area (Å²) in [7, 11) is 11.5. The number of hydrogen-bond acceptors (Lipinski definition) is 14. The summed E-state index contributed by atoms with van der Waals surface area (Å²) in [5.74, 6) is -11.5. The lowest BCUT2D eigenvalue weighted by atomic mass is 9.84. The van der Waals surface area contributed by atoms with Crippen molar-refractivity contribution in [1.82, 2.24) is 39.6 Å². The van der Waals surface area contributed by atoms with Gasteiger partial charge in [-0.3, -0.25) is 52.7 Å². The van der Waals surface area contributed by atoms with Gasteiger partial charge < -0.3 is 49.5 Å². The van der Waals surface area contributed by atoms with Crippen molar-refractivity contribution in [3.8, 4) is 0 Å². The fourth-order valence-corrected chi connectivity index (χ4v) is 12.9. The first-order valence-electron chi connectivity index (χ1n) is 34.6. The van der Waals surface area contributed by atoms with Crippen LogP contribution in [-0.2, 0) is 63.9 Å². The minimum absolute atomic E-state index is 0.00109.